The van der Waals surface area contributed by atoms with E-state index in [0.717, 1.165) is 21.5 Å². The SMILES string of the molecule is Cc1ccc2c(N)c(C(=O)NCCc3cccc(C(=O)O)c3)sc2n1. The van der Waals surface area contributed by atoms with Gasteiger partial charge in [-0.15, -0.1) is 11.3 Å². The highest BCUT2D eigenvalue weighted by atomic mass is 32.1. The number of aryl methyl sites for hydroxylation is 1. The molecule has 4 N–H and O–H groups in total. The van der Waals surface area contributed by atoms with E-state index in [1.165, 1.54) is 17.4 Å². The molecule has 3 rings (SSSR count). The molecule has 0 unspecified atom stereocenters. The van der Waals surface area contributed by atoms with Gasteiger partial charge in [0.25, 0.3) is 5.91 Å². The fourth-order valence-electron chi connectivity index (χ4n) is 2.52. The predicted octanol–water partition coefficient (Wildman–Crippen LogP) is 2.86. The number of carbonyl (C=O) groups excluding carboxylic acids is 1. The zero-order chi connectivity index (χ0) is 18.0. The van der Waals surface area contributed by atoms with Crippen molar-refractivity contribution in [3.8, 4) is 0 Å². The molecule has 6 nitrogen and oxygen atoms in total. The molecule has 0 bridgehead atoms. The normalized spacial score (nSPS) is 10.8. The number of nitrogens with one attached hydrogen (secondary N) is 1. The van der Waals surface area contributed by atoms with Crippen LogP contribution in [0, 0.1) is 6.92 Å². The van der Waals surface area contributed by atoms with E-state index in [9.17, 15) is 9.59 Å². The third-order valence-electron chi connectivity index (χ3n) is 3.81. The molecule has 3 aromatic rings. The summed E-state index contributed by atoms with van der Waals surface area (Å²) in [6.07, 6.45) is 0.537. The van der Waals surface area contributed by atoms with Gasteiger partial charge in [-0.25, -0.2) is 9.78 Å². The fourth-order valence-corrected chi connectivity index (χ4v) is 3.57. The van der Waals surface area contributed by atoms with E-state index in [4.69, 9.17) is 10.8 Å². The van der Waals surface area contributed by atoms with Crippen molar-refractivity contribution < 1.29 is 14.7 Å². The minimum absolute atomic E-state index is 0.235. The number of anilines is 1. The minimum atomic E-state index is -0.966. The van der Waals surface area contributed by atoms with Gasteiger partial charge in [-0.2, -0.15) is 0 Å². The Morgan fingerprint density at radius 1 is 1.28 bits per heavy atom. The first-order valence-corrected chi connectivity index (χ1v) is 8.53. The molecule has 0 aliphatic carbocycles. The number of nitrogen functional groups attached to an aromatic ring is 1. The van der Waals surface area contributed by atoms with E-state index in [0.29, 0.717) is 23.5 Å². The summed E-state index contributed by atoms with van der Waals surface area (Å²) >= 11 is 1.27. The number of pyridine rings is 1. The molecule has 0 saturated carbocycles. The minimum Gasteiger partial charge on any atom is -0.478 e. The van der Waals surface area contributed by atoms with Gasteiger partial charge in [0.1, 0.15) is 9.71 Å². The molecule has 1 amide bonds. The van der Waals surface area contributed by atoms with Crippen molar-refractivity contribution in [3.05, 3.63) is 58.1 Å². The van der Waals surface area contributed by atoms with Crippen LogP contribution in [-0.2, 0) is 6.42 Å². The molecule has 128 valence electrons. The lowest BCUT2D eigenvalue weighted by Gasteiger charge is -2.05. The van der Waals surface area contributed by atoms with Crippen molar-refractivity contribution in [2.75, 3.05) is 12.3 Å². The van der Waals surface area contributed by atoms with E-state index < -0.39 is 5.97 Å². The molecule has 25 heavy (non-hydrogen) atoms. The van der Waals surface area contributed by atoms with Crippen LogP contribution in [-0.4, -0.2) is 28.5 Å². The lowest BCUT2D eigenvalue weighted by Crippen LogP contribution is -2.25. The summed E-state index contributed by atoms with van der Waals surface area (Å²) < 4.78 is 0. The standard InChI is InChI=1S/C18H17N3O3S/c1-10-5-6-13-14(19)15(25-17(13)21-10)16(22)20-8-7-11-3-2-4-12(9-11)18(23)24/h2-6,9H,7-8,19H2,1H3,(H,20,22)(H,23,24). The summed E-state index contributed by atoms with van der Waals surface area (Å²) in [6, 6.07) is 10.4. The second-order valence-electron chi connectivity index (χ2n) is 5.66. The van der Waals surface area contributed by atoms with E-state index in [1.807, 2.05) is 25.1 Å². The second-order valence-corrected chi connectivity index (χ2v) is 6.66. The van der Waals surface area contributed by atoms with Crippen LogP contribution in [0.5, 0.6) is 0 Å². The number of carboxylic acid groups (broad SMARTS) is 1. The van der Waals surface area contributed by atoms with Gasteiger partial charge in [-0.05, 0) is 43.2 Å². The maximum Gasteiger partial charge on any atom is 0.335 e. The van der Waals surface area contributed by atoms with Crippen LogP contribution in [0.2, 0.25) is 0 Å². The average molecular weight is 355 g/mol. The first-order valence-electron chi connectivity index (χ1n) is 7.72. The molecular formula is C18H17N3O3S. The lowest BCUT2D eigenvalue weighted by atomic mass is 10.1. The molecule has 2 heterocycles. The van der Waals surface area contributed by atoms with Crippen molar-refractivity contribution in [2.45, 2.75) is 13.3 Å². The molecule has 0 atom stereocenters. The average Bonchev–Trinajstić information content (AvgIpc) is 2.91. The highest BCUT2D eigenvalue weighted by Gasteiger charge is 2.17. The molecule has 0 aliphatic heterocycles. The van der Waals surface area contributed by atoms with Crippen LogP contribution in [0.3, 0.4) is 0 Å². The number of carboxylic acids is 1. The molecule has 7 heteroatoms. The second kappa shape index (κ2) is 6.90. The van der Waals surface area contributed by atoms with E-state index >= 15 is 0 Å². The predicted molar refractivity (Wildman–Crippen MR) is 98.2 cm³/mol. The summed E-state index contributed by atoms with van der Waals surface area (Å²) in [5.74, 6) is -1.21. The quantitative estimate of drug-likeness (QED) is 0.653. The zero-order valence-corrected chi connectivity index (χ0v) is 14.4. The van der Waals surface area contributed by atoms with E-state index in [2.05, 4.69) is 10.3 Å². The first-order chi connectivity index (χ1) is 12.0. The number of carbonyl (C=O) groups is 2. The van der Waals surface area contributed by atoms with E-state index in [1.54, 1.807) is 12.1 Å². The highest BCUT2D eigenvalue weighted by molar-refractivity contribution is 7.21. The number of aromatic carboxylic acids is 1. The van der Waals surface area contributed by atoms with Crippen LogP contribution in [0.1, 0.15) is 31.3 Å². The number of nitrogens with two attached hydrogens (primary N) is 1. The number of rotatable bonds is 5. The zero-order valence-electron chi connectivity index (χ0n) is 13.6. The maximum atomic E-state index is 12.4. The Labute approximate surface area is 148 Å². The lowest BCUT2D eigenvalue weighted by molar-refractivity contribution is 0.0696. The van der Waals surface area contributed by atoms with Crippen LogP contribution >= 0.6 is 11.3 Å². The van der Waals surface area contributed by atoms with Gasteiger partial charge >= 0.3 is 5.97 Å². The van der Waals surface area contributed by atoms with Crippen molar-refractivity contribution in [3.63, 3.8) is 0 Å². The number of aromatic nitrogens is 1. The van der Waals surface area contributed by atoms with Crippen molar-refractivity contribution in [2.24, 2.45) is 0 Å². The summed E-state index contributed by atoms with van der Waals surface area (Å²) in [5.41, 5.74) is 8.47. The van der Waals surface area contributed by atoms with E-state index in [-0.39, 0.29) is 11.5 Å². The Bertz CT molecular complexity index is 965. The van der Waals surface area contributed by atoms with Crippen molar-refractivity contribution in [1.82, 2.24) is 10.3 Å². The Kier molecular flexibility index (Phi) is 4.67. The van der Waals surface area contributed by atoms with Crippen LogP contribution < -0.4 is 11.1 Å². The Morgan fingerprint density at radius 2 is 2.08 bits per heavy atom. The van der Waals surface area contributed by atoms with Gasteiger partial charge in [0, 0.05) is 17.6 Å². The first kappa shape index (κ1) is 16.9. The number of benzene rings is 1. The summed E-state index contributed by atoms with van der Waals surface area (Å²) in [6.45, 7) is 2.28. The number of hydrogen-bond donors (Lipinski definition) is 3. The Hall–Kier alpha value is -2.93. The third kappa shape index (κ3) is 3.61. The molecule has 0 spiro atoms. The topological polar surface area (TPSA) is 105 Å². The molecule has 2 aromatic heterocycles. The molecule has 0 fully saturated rings. The number of hydrogen-bond acceptors (Lipinski definition) is 5. The Morgan fingerprint density at radius 3 is 2.84 bits per heavy atom. The number of amides is 1. The van der Waals surface area contributed by atoms with Gasteiger partial charge in [0.15, 0.2) is 0 Å². The smallest absolute Gasteiger partial charge is 0.335 e. The fraction of sp³-hybridized carbons (Fsp3) is 0.167. The third-order valence-corrected chi connectivity index (χ3v) is 4.93. The maximum absolute atomic E-state index is 12.4. The van der Waals surface area contributed by atoms with Crippen molar-refractivity contribution >= 4 is 39.1 Å². The largest absolute Gasteiger partial charge is 0.478 e. The van der Waals surface area contributed by atoms with Gasteiger partial charge < -0.3 is 16.2 Å². The molecular weight excluding hydrogens is 338 g/mol. The monoisotopic (exact) mass is 355 g/mol. The number of fused-ring (bicyclic) bond motifs is 1. The summed E-state index contributed by atoms with van der Waals surface area (Å²) in [4.78, 5) is 29.0. The molecule has 0 aliphatic rings. The van der Waals surface area contributed by atoms with Gasteiger partial charge in [-0.1, -0.05) is 12.1 Å². The van der Waals surface area contributed by atoms with Crippen LogP contribution in [0.4, 0.5) is 5.69 Å². The van der Waals surface area contributed by atoms with Gasteiger partial charge in [0.05, 0.1) is 11.3 Å². The van der Waals surface area contributed by atoms with Crippen LogP contribution in [0.15, 0.2) is 36.4 Å². The molecule has 0 radical (unpaired) electrons. The van der Waals surface area contributed by atoms with Crippen LogP contribution in [0.25, 0.3) is 10.2 Å². The number of nitrogens with zero attached hydrogens (tertiary/aromatic N) is 1. The Balaban J connectivity index is 1.68. The molecule has 0 saturated heterocycles. The number of thiophene rings is 1. The summed E-state index contributed by atoms with van der Waals surface area (Å²) in [7, 11) is 0. The highest BCUT2D eigenvalue weighted by Crippen LogP contribution is 2.32. The van der Waals surface area contributed by atoms with Crippen molar-refractivity contribution in [1.29, 1.82) is 0 Å². The van der Waals surface area contributed by atoms with Gasteiger partial charge in [-0.3, -0.25) is 4.79 Å². The summed E-state index contributed by atoms with van der Waals surface area (Å²) in [5, 5.41) is 12.6. The van der Waals surface area contributed by atoms with Gasteiger partial charge in [0.2, 0.25) is 0 Å². The molecule has 1 aromatic carbocycles.